The van der Waals surface area contributed by atoms with Gasteiger partial charge in [-0.3, -0.25) is 9.59 Å². The van der Waals surface area contributed by atoms with Crippen LogP contribution in [-0.4, -0.2) is 25.0 Å². The number of carbonyl (C=O) groups excluding carboxylic acids is 2. The number of halogens is 1. The number of unbranched alkanes of at least 4 members (excludes halogenated alkanes) is 3. The number of anilines is 1. The number of ether oxygens (including phenoxy) is 1. The van der Waals surface area contributed by atoms with Gasteiger partial charge >= 0.3 is 0 Å². The van der Waals surface area contributed by atoms with Gasteiger partial charge in [-0.05, 0) is 49.2 Å². The Kier molecular flexibility index (Phi) is 9.71. The van der Waals surface area contributed by atoms with Crippen molar-refractivity contribution in [2.24, 2.45) is 0 Å². The predicted octanol–water partition coefficient (Wildman–Crippen LogP) is 5.80. The zero-order valence-corrected chi connectivity index (χ0v) is 18.7. The fraction of sp³-hybridized carbons (Fsp3) is 0.391. The summed E-state index contributed by atoms with van der Waals surface area (Å²) in [5.74, 6) is 0.126. The number of nitrogens with one attached hydrogen (secondary N) is 2. The zero-order valence-electron chi connectivity index (χ0n) is 17.1. The highest BCUT2D eigenvalue weighted by atomic mass is 79.9. The highest BCUT2D eigenvalue weighted by Crippen LogP contribution is 2.25. The molecule has 29 heavy (non-hydrogen) atoms. The van der Waals surface area contributed by atoms with Crippen LogP contribution in [0.3, 0.4) is 0 Å². The summed E-state index contributed by atoms with van der Waals surface area (Å²) in [6.45, 7) is 5.36. The van der Waals surface area contributed by atoms with Gasteiger partial charge in [0.05, 0.1) is 12.2 Å². The van der Waals surface area contributed by atoms with E-state index in [4.69, 9.17) is 4.74 Å². The summed E-state index contributed by atoms with van der Waals surface area (Å²) < 4.78 is 6.66. The second-order valence-electron chi connectivity index (χ2n) is 6.84. The van der Waals surface area contributed by atoms with Crippen LogP contribution in [0.25, 0.3) is 0 Å². The SMILES string of the molecule is CCCCCCOc1ccc(Br)cc1C(=O)Nc1cccc(C(=O)NCCC)c1. The van der Waals surface area contributed by atoms with Gasteiger partial charge in [-0.15, -0.1) is 0 Å². The molecule has 0 atom stereocenters. The average Bonchev–Trinajstić information content (AvgIpc) is 2.72. The molecule has 5 nitrogen and oxygen atoms in total. The maximum absolute atomic E-state index is 12.9. The Labute approximate surface area is 181 Å². The molecule has 0 fully saturated rings. The zero-order chi connectivity index (χ0) is 21.1. The molecule has 0 aliphatic carbocycles. The highest BCUT2D eigenvalue weighted by molar-refractivity contribution is 9.10. The minimum atomic E-state index is -0.277. The molecule has 2 N–H and O–H groups in total. The molecule has 0 saturated heterocycles. The van der Waals surface area contributed by atoms with E-state index in [1.807, 2.05) is 13.0 Å². The van der Waals surface area contributed by atoms with E-state index in [9.17, 15) is 9.59 Å². The molecular formula is C23H29BrN2O3. The molecule has 0 aromatic heterocycles. The summed E-state index contributed by atoms with van der Waals surface area (Å²) in [7, 11) is 0. The Morgan fingerprint density at radius 2 is 1.79 bits per heavy atom. The highest BCUT2D eigenvalue weighted by Gasteiger charge is 2.15. The Balaban J connectivity index is 2.08. The molecule has 0 heterocycles. The number of benzene rings is 2. The molecule has 0 aliphatic rings. The van der Waals surface area contributed by atoms with Crippen LogP contribution in [-0.2, 0) is 0 Å². The first kappa shape index (κ1) is 22.9. The number of hydrogen-bond acceptors (Lipinski definition) is 3. The quantitative estimate of drug-likeness (QED) is 0.416. The lowest BCUT2D eigenvalue weighted by Gasteiger charge is -2.13. The minimum absolute atomic E-state index is 0.151. The third-order valence-electron chi connectivity index (χ3n) is 4.36. The minimum Gasteiger partial charge on any atom is -0.493 e. The fourth-order valence-electron chi connectivity index (χ4n) is 2.79. The van der Waals surface area contributed by atoms with Crippen molar-refractivity contribution in [3.63, 3.8) is 0 Å². The lowest BCUT2D eigenvalue weighted by molar-refractivity contribution is 0.0952. The molecule has 2 amide bonds. The number of amides is 2. The van der Waals surface area contributed by atoms with Gasteiger partial charge in [0.15, 0.2) is 0 Å². The van der Waals surface area contributed by atoms with Gasteiger partial charge in [-0.25, -0.2) is 0 Å². The summed E-state index contributed by atoms with van der Waals surface area (Å²) in [6.07, 6.45) is 5.29. The maximum Gasteiger partial charge on any atom is 0.259 e. The molecule has 0 radical (unpaired) electrons. The Bertz CT molecular complexity index is 824. The number of rotatable bonds is 11. The first-order chi connectivity index (χ1) is 14.0. The first-order valence-electron chi connectivity index (χ1n) is 10.2. The molecule has 2 aromatic rings. The molecule has 0 bridgehead atoms. The van der Waals surface area contributed by atoms with Crippen LogP contribution >= 0.6 is 15.9 Å². The first-order valence-corrected chi connectivity index (χ1v) is 11.0. The van der Waals surface area contributed by atoms with Crippen molar-refractivity contribution in [3.05, 3.63) is 58.1 Å². The normalized spacial score (nSPS) is 10.4. The second kappa shape index (κ2) is 12.3. The standard InChI is InChI=1S/C23H29BrN2O3/c1-3-5-6-7-14-29-21-12-11-18(24)16-20(21)23(28)26-19-10-8-9-17(15-19)22(27)25-13-4-2/h8-12,15-16H,3-7,13-14H2,1-2H3,(H,25,27)(H,26,28). The van der Waals surface area contributed by atoms with E-state index in [1.54, 1.807) is 36.4 Å². The number of carbonyl (C=O) groups is 2. The lowest BCUT2D eigenvalue weighted by atomic mass is 10.1. The van der Waals surface area contributed by atoms with E-state index in [1.165, 1.54) is 12.8 Å². The van der Waals surface area contributed by atoms with Gasteiger partial charge in [0, 0.05) is 22.3 Å². The van der Waals surface area contributed by atoms with Gasteiger partial charge in [0.1, 0.15) is 5.75 Å². The second-order valence-corrected chi connectivity index (χ2v) is 7.76. The fourth-order valence-corrected chi connectivity index (χ4v) is 3.15. The van der Waals surface area contributed by atoms with E-state index in [2.05, 4.69) is 33.5 Å². The third kappa shape index (κ3) is 7.54. The smallest absolute Gasteiger partial charge is 0.259 e. The largest absolute Gasteiger partial charge is 0.493 e. The Morgan fingerprint density at radius 1 is 0.966 bits per heavy atom. The summed E-state index contributed by atoms with van der Waals surface area (Å²) in [5, 5.41) is 5.71. The average molecular weight is 461 g/mol. The maximum atomic E-state index is 12.9. The molecule has 6 heteroatoms. The molecule has 156 valence electrons. The van der Waals surface area contributed by atoms with Gasteiger partial charge in [0.25, 0.3) is 11.8 Å². The van der Waals surface area contributed by atoms with Gasteiger partial charge < -0.3 is 15.4 Å². The lowest BCUT2D eigenvalue weighted by Crippen LogP contribution is -2.24. The van der Waals surface area contributed by atoms with E-state index in [0.717, 1.165) is 23.7 Å². The van der Waals surface area contributed by atoms with Gasteiger partial charge in [-0.1, -0.05) is 55.1 Å². The van der Waals surface area contributed by atoms with Gasteiger partial charge in [0.2, 0.25) is 0 Å². The van der Waals surface area contributed by atoms with E-state index in [-0.39, 0.29) is 11.8 Å². The van der Waals surface area contributed by atoms with Crippen molar-refractivity contribution in [1.29, 1.82) is 0 Å². The van der Waals surface area contributed by atoms with Crippen molar-refractivity contribution < 1.29 is 14.3 Å². The van der Waals surface area contributed by atoms with E-state index >= 15 is 0 Å². The monoisotopic (exact) mass is 460 g/mol. The molecule has 2 rings (SSSR count). The van der Waals surface area contributed by atoms with Crippen LogP contribution in [0.1, 0.15) is 66.7 Å². The van der Waals surface area contributed by atoms with Gasteiger partial charge in [-0.2, -0.15) is 0 Å². The van der Waals surface area contributed by atoms with Crippen LogP contribution in [0.15, 0.2) is 46.9 Å². The topological polar surface area (TPSA) is 67.4 Å². The van der Waals surface area contributed by atoms with E-state index in [0.29, 0.717) is 35.7 Å². The summed E-state index contributed by atoms with van der Waals surface area (Å²) in [4.78, 5) is 25.0. The van der Waals surface area contributed by atoms with Crippen molar-refractivity contribution >= 4 is 33.4 Å². The van der Waals surface area contributed by atoms with Crippen LogP contribution < -0.4 is 15.4 Å². The van der Waals surface area contributed by atoms with E-state index < -0.39 is 0 Å². The molecule has 0 saturated carbocycles. The molecule has 0 aliphatic heterocycles. The van der Waals surface area contributed by atoms with Crippen molar-refractivity contribution in [1.82, 2.24) is 5.32 Å². The van der Waals surface area contributed by atoms with Crippen LogP contribution in [0.4, 0.5) is 5.69 Å². The van der Waals surface area contributed by atoms with Crippen molar-refractivity contribution in [2.45, 2.75) is 46.0 Å². The summed E-state index contributed by atoms with van der Waals surface area (Å²) >= 11 is 3.42. The van der Waals surface area contributed by atoms with Crippen LogP contribution in [0, 0.1) is 0 Å². The number of hydrogen-bond donors (Lipinski definition) is 2. The van der Waals surface area contributed by atoms with Crippen molar-refractivity contribution in [3.8, 4) is 5.75 Å². The third-order valence-corrected chi connectivity index (χ3v) is 4.85. The van der Waals surface area contributed by atoms with Crippen LogP contribution in [0.5, 0.6) is 5.75 Å². The molecular weight excluding hydrogens is 432 g/mol. The van der Waals surface area contributed by atoms with Crippen LogP contribution in [0.2, 0.25) is 0 Å². The Hall–Kier alpha value is -2.34. The van der Waals surface area contributed by atoms with Crippen molar-refractivity contribution in [2.75, 3.05) is 18.5 Å². The predicted molar refractivity (Wildman–Crippen MR) is 121 cm³/mol. The molecule has 0 unspecified atom stereocenters. The summed E-state index contributed by atoms with van der Waals surface area (Å²) in [5.41, 5.74) is 1.53. The summed E-state index contributed by atoms with van der Waals surface area (Å²) in [6, 6.07) is 12.3. The molecule has 2 aromatic carbocycles. The molecule has 0 spiro atoms. The Morgan fingerprint density at radius 3 is 2.55 bits per heavy atom.